The fourth-order valence-corrected chi connectivity index (χ4v) is 2.75. The molecule has 4 nitrogen and oxygen atoms in total. The lowest BCUT2D eigenvalue weighted by Gasteiger charge is -2.22. The van der Waals surface area contributed by atoms with E-state index in [0.29, 0.717) is 6.10 Å². The van der Waals surface area contributed by atoms with Gasteiger partial charge in [-0.2, -0.15) is 0 Å². The van der Waals surface area contributed by atoms with Crippen LogP contribution in [0.25, 0.3) is 10.9 Å². The maximum Gasteiger partial charge on any atom is 0.224 e. The van der Waals surface area contributed by atoms with Gasteiger partial charge in [0, 0.05) is 18.5 Å². The second-order valence-corrected chi connectivity index (χ2v) is 5.40. The molecule has 1 unspecified atom stereocenters. The molecular weight excluding hydrogens is 274 g/mol. The number of aromatic nitrogens is 2. The predicted molar refractivity (Wildman–Crippen MR) is 81.2 cm³/mol. The Bertz CT molecular complexity index is 584. The zero-order valence-electron chi connectivity index (χ0n) is 11.3. The van der Waals surface area contributed by atoms with E-state index in [1.54, 1.807) is 0 Å². The summed E-state index contributed by atoms with van der Waals surface area (Å²) in [6.45, 7) is 1.73. The van der Waals surface area contributed by atoms with E-state index < -0.39 is 0 Å². The molecule has 20 heavy (non-hydrogen) atoms. The molecule has 1 aliphatic rings. The Morgan fingerprint density at radius 3 is 3.00 bits per heavy atom. The van der Waals surface area contributed by atoms with E-state index in [1.165, 1.54) is 12.8 Å². The van der Waals surface area contributed by atoms with Crippen molar-refractivity contribution < 1.29 is 4.74 Å². The van der Waals surface area contributed by atoms with Crippen molar-refractivity contribution in [3.8, 4) is 0 Å². The van der Waals surface area contributed by atoms with E-state index >= 15 is 0 Å². The number of anilines is 1. The summed E-state index contributed by atoms with van der Waals surface area (Å²) in [4.78, 5) is 8.51. The van der Waals surface area contributed by atoms with Gasteiger partial charge in [-0.05, 0) is 49.4 Å². The molecule has 1 N–H and O–H groups in total. The second kappa shape index (κ2) is 6.37. The van der Waals surface area contributed by atoms with E-state index in [4.69, 9.17) is 16.3 Å². The average Bonchev–Trinajstić information content (AvgIpc) is 2.48. The molecule has 1 aromatic carbocycles. The van der Waals surface area contributed by atoms with Crippen molar-refractivity contribution in [1.29, 1.82) is 0 Å². The predicted octanol–water partition coefficient (Wildman–Crippen LogP) is 3.65. The van der Waals surface area contributed by atoms with Crippen LogP contribution in [0.15, 0.2) is 24.3 Å². The highest BCUT2D eigenvalue weighted by Gasteiger charge is 2.13. The molecule has 0 radical (unpaired) electrons. The average molecular weight is 292 g/mol. The second-order valence-electron chi connectivity index (χ2n) is 5.06. The molecule has 2 aromatic rings. The van der Waals surface area contributed by atoms with Crippen LogP contribution in [0.3, 0.4) is 0 Å². The summed E-state index contributed by atoms with van der Waals surface area (Å²) in [6.07, 6.45) is 4.99. The highest BCUT2D eigenvalue weighted by molar-refractivity contribution is 6.28. The minimum atomic E-state index is 0.278. The molecule has 5 heteroatoms. The fourth-order valence-electron chi connectivity index (χ4n) is 2.57. The maximum absolute atomic E-state index is 5.96. The Morgan fingerprint density at radius 2 is 2.15 bits per heavy atom. The summed E-state index contributed by atoms with van der Waals surface area (Å²) in [5, 5.41) is 4.64. The van der Waals surface area contributed by atoms with Gasteiger partial charge in [-0.1, -0.05) is 12.1 Å². The van der Waals surface area contributed by atoms with Crippen molar-refractivity contribution in [3.05, 3.63) is 29.5 Å². The number of para-hydroxylation sites is 1. The first-order valence-corrected chi connectivity index (χ1v) is 7.48. The van der Waals surface area contributed by atoms with E-state index in [2.05, 4.69) is 15.3 Å². The van der Waals surface area contributed by atoms with Crippen molar-refractivity contribution in [2.24, 2.45) is 0 Å². The molecule has 0 spiro atoms. The van der Waals surface area contributed by atoms with Crippen molar-refractivity contribution in [2.75, 3.05) is 18.5 Å². The minimum Gasteiger partial charge on any atom is -0.378 e. The topological polar surface area (TPSA) is 47.0 Å². The summed E-state index contributed by atoms with van der Waals surface area (Å²) < 4.78 is 5.73. The Kier molecular flexibility index (Phi) is 4.33. The lowest BCUT2D eigenvalue weighted by molar-refractivity contribution is 0.0134. The SMILES string of the molecule is Clc1nc(NCCC2CCCCO2)c2ccccc2n1. The molecule has 106 valence electrons. The molecule has 0 bridgehead atoms. The number of nitrogens with zero attached hydrogens (tertiary/aromatic N) is 2. The van der Waals surface area contributed by atoms with E-state index in [-0.39, 0.29) is 5.28 Å². The summed E-state index contributed by atoms with van der Waals surface area (Å²) in [7, 11) is 0. The highest BCUT2D eigenvalue weighted by Crippen LogP contribution is 2.22. The van der Waals surface area contributed by atoms with Crippen LogP contribution in [0, 0.1) is 0 Å². The third-order valence-corrected chi connectivity index (χ3v) is 3.78. The molecule has 1 saturated heterocycles. The standard InChI is InChI=1S/C15H18ClN3O/c16-15-18-13-7-2-1-6-12(13)14(19-15)17-9-8-11-5-3-4-10-20-11/h1-2,6-7,11H,3-5,8-10H2,(H,17,18,19). The molecule has 2 heterocycles. The normalized spacial score (nSPS) is 19.1. The van der Waals surface area contributed by atoms with Gasteiger partial charge in [0.1, 0.15) is 5.82 Å². The van der Waals surface area contributed by atoms with E-state index in [1.807, 2.05) is 24.3 Å². The Balaban J connectivity index is 1.67. The van der Waals surface area contributed by atoms with Gasteiger partial charge in [-0.3, -0.25) is 0 Å². The molecular formula is C15H18ClN3O. The summed E-state index contributed by atoms with van der Waals surface area (Å²) in [5.41, 5.74) is 0.865. The van der Waals surface area contributed by atoms with Gasteiger partial charge in [0.2, 0.25) is 5.28 Å². The number of fused-ring (bicyclic) bond motifs is 1. The first kappa shape index (κ1) is 13.6. The third-order valence-electron chi connectivity index (χ3n) is 3.61. The van der Waals surface area contributed by atoms with Crippen LogP contribution in [0.2, 0.25) is 5.28 Å². The molecule has 1 atom stereocenters. The third kappa shape index (κ3) is 3.19. The van der Waals surface area contributed by atoms with Gasteiger partial charge >= 0.3 is 0 Å². The summed E-state index contributed by atoms with van der Waals surface area (Å²) in [6, 6.07) is 7.88. The monoisotopic (exact) mass is 291 g/mol. The van der Waals surface area contributed by atoms with Crippen LogP contribution in [0.1, 0.15) is 25.7 Å². The maximum atomic E-state index is 5.96. The lowest BCUT2D eigenvalue weighted by atomic mass is 10.1. The first-order chi connectivity index (χ1) is 9.83. The van der Waals surface area contributed by atoms with E-state index in [9.17, 15) is 0 Å². The molecule has 3 rings (SSSR count). The molecule has 1 aliphatic heterocycles. The van der Waals surface area contributed by atoms with Crippen molar-refractivity contribution >= 4 is 28.3 Å². The van der Waals surface area contributed by atoms with Gasteiger partial charge in [0.15, 0.2) is 0 Å². The molecule has 1 fully saturated rings. The first-order valence-electron chi connectivity index (χ1n) is 7.11. The number of nitrogens with one attached hydrogen (secondary N) is 1. The molecule has 1 aromatic heterocycles. The lowest BCUT2D eigenvalue weighted by Crippen LogP contribution is -2.22. The summed E-state index contributed by atoms with van der Waals surface area (Å²) in [5.74, 6) is 0.802. The van der Waals surface area contributed by atoms with Gasteiger partial charge in [0.05, 0.1) is 11.6 Å². The van der Waals surface area contributed by atoms with Crippen LogP contribution in [0.4, 0.5) is 5.82 Å². The minimum absolute atomic E-state index is 0.278. The number of halogens is 1. The Morgan fingerprint density at radius 1 is 1.25 bits per heavy atom. The number of rotatable bonds is 4. The van der Waals surface area contributed by atoms with Gasteiger partial charge in [-0.25, -0.2) is 9.97 Å². The molecule has 0 amide bonds. The zero-order chi connectivity index (χ0) is 13.8. The van der Waals surface area contributed by atoms with Gasteiger partial charge < -0.3 is 10.1 Å². The Hall–Kier alpha value is -1.39. The number of ether oxygens (including phenoxy) is 1. The Labute approximate surface area is 123 Å². The van der Waals surface area contributed by atoms with E-state index in [0.717, 1.165) is 42.7 Å². The van der Waals surface area contributed by atoms with Crippen LogP contribution in [-0.2, 0) is 4.74 Å². The number of hydrogen-bond acceptors (Lipinski definition) is 4. The number of hydrogen-bond donors (Lipinski definition) is 1. The highest BCUT2D eigenvalue weighted by atomic mass is 35.5. The van der Waals surface area contributed by atoms with Crippen LogP contribution < -0.4 is 5.32 Å². The molecule has 0 aliphatic carbocycles. The van der Waals surface area contributed by atoms with Gasteiger partial charge in [0.25, 0.3) is 0 Å². The number of benzene rings is 1. The largest absolute Gasteiger partial charge is 0.378 e. The molecule has 0 saturated carbocycles. The summed E-state index contributed by atoms with van der Waals surface area (Å²) >= 11 is 5.96. The van der Waals surface area contributed by atoms with Gasteiger partial charge in [-0.15, -0.1) is 0 Å². The van der Waals surface area contributed by atoms with Crippen molar-refractivity contribution in [3.63, 3.8) is 0 Å². The van der Waals surface area contributed by atoms with Crippen LogP contribution in [0.5, 0.6) is 0 Å². The smallest absolute Gasteiger partial charge is 0.224 e. The van der Waals surface area contributed by atoms with Crippen molar-refractivity contribution in [1.82, 2.24) is 9.97 Å². The van der Waals surface area contributed by atoms with Crippen molar-refractivity contribution in [2.45, 2.75) is 31.8 Å². The fraction of sp³-hybridized carbons (Fsp3) is 0.467. The van der Waals surface area contributed by atoms with Crippen LogP contribution in [-0.4, -0.2) is 29.2 Å². The zero-order valence-corrected chi connectivity index (χ0v) is 12.1. The van der Waals surface area contributed by atoms with Crippen LogP contribution >= 0.6 is 11.6 Å². The quantitative estimate of drug-likeness (QED) is 0.874.